The van der Waals surface area contributed by atoms with Crippen molar-refractivity contribution in [2.45, 2.75) is 6.92 Å². The highest BCUT2D eigenvalue weighted by Gasteiger charge is 2.33. The molecule has 0 radical (unpaired) electrons. The lowest BCUT2D eigenvalue weighted by Crippen LogP contribution is -2.45. The van der Waals surface area contributed by atoms with Gasteiger partial charge in [-0.3, -0.25) is 4.79 Å². The van der Waals surface area contributed by atoms with E-state index in [1.54, 1.807) is 18.2 Å². The smallest absolute Gasteiger partial charge is 0.248 e. The van der Waals surface area contributed by atoms with Crippen LogP contribution in [0.2, 0.25) is 5.02 Å². The fraction of sp³-hybridized carbons (Fsp3) is 0.417. The number of carbonyl (C=O) groups is 1. The zero-order valence-electron chi connectivity index (χ0n) is 9.63. The van der Waals surface area contributed by atoms with E-state index in [1.807, 2.05) is 0 Å². The Morgan fingerprint density at radius 3 is 2.82 bits per heavy atom. The molecule has 0 aliphatic carbocycles. The van der Waals surface area contributed by atoms with Crippen LogP contribution in [0.3, 0.4) is 0 Å². The van der Waals surface area contributed by atoms with Gasteiger partial charge in [0.2, 0.25) is 5.91 Å². The van der Waals surface area contributed by atoms with E-state index in [9.17, 15) is 4.79 Å². The summed E-state index contributed by atoms with van der Waals surface area (Å²) in [5.74, 6) is -0.456. The molecule has 0 bridgehead atoms. The quantitative estimate of drug-likeness (QED) is 0.862. The van der Waals surface area contributed by atoms with E-state index in [-0.39, 0.29) is 5.41 Å². The third-order valence-electron chi connectivity index (χ3n) is 2.86. The summed E-state index contributed by atoms with van der Waals surface area (Å²) in [4.78, 5) is 11.1. The van der Waals surface area contributed by atoms with E-state index in [0.29, 0.717) is 10.6 Å². The largest absolute Gasteiger partial charge is 0.383 e. The number of carbonyl (C=O) groups excluding carboxylic acids is 1. The van der Waals surface area contributed by atoms with Crippen LogP contribution in [0.25, 0.3) is 0 Å². The average molecular weight is 255 g/mol. The molecular formula is C12H15ClN2O2. The van der Waals surface area contributed by atoms with Crippen LogP contribution in [0.5, 0.6) is 0 Å². The molecule has 1 aromatic rings. The van der Waals surface area contributed by atoms with Crippen molar-refractivity contribution in [3.8, 4) is 0 Å². The number of rotatable bonds is 4. The Kier molecular flexibility index (Phi) is 3.26. The van der Waals surface area contributed by atoms with Gasteiger partial charge in [0.25, 0.3) is 0 Å². The lowest BCUT2D eigenvalue weighted by Gasteiger charge is -2.38. The second-order valence-corrected chi connectivity index (χ2v) is 5.12. The van der Waals surface area contributed by atoms with E-state index in [4.69, 9.17) is 22.1 Å². The average Bonchev–Trinajstić information content (AvgIpc) is 2.25. The van der Waals surface area contributed by atoms with E-state index in [2.05, 4.69) is 12.2 Å². The van der Waals surface area contributed by atoms with Crippen molar-refractivity contribution in [3.05, 3.63) is 28.8 Å². The van der Waals surface area contributed by atoms with Crippen molar-refractivity contribution >= 4 is 23.2 Å². The van der Waals surface area contributed by atoms with Crippen LogP contribution in [0.15, 0.2) is 18.2 Å². The van der Waals surface area contributed by atoms with Gasteiger partial charge in [-0.1, -0.05) is 18.5 Å². The maximum Gasteiger partial charge on any atom is 0.248 e. The fourth-order valence-electron chi connectivity index (χ4n) is 1.68. The van der Waals surface area contributed by atoms with Crippen molar-refractivity contribution in [2.24, 2.45) is 11.1 Å². The van der Waals surface area contributed by atoms with E-state index in [1.165, 1.54) is 0 Å². The molecule has 2 rings (SSSR count). The lowest BCUT2D eigenvalue weighted by atomic mass is 9.88. The van der Waals surface area contributed by atoms with Gasteiger partial charge >= 0.3 is 0 Å². The molecule has 0 aromatic heterocycles. The number of hydrogen-bond acceptors (Lipinski definition) is 3. The number of benzene rings is 1. The first kappa shape index (κ1) is 12.2. The number of anilines is 1. The Morgan fingerprint density at radius 1 is 1.59 bits per heavy atom. The number of halogens is 1. The van der Waals surface area contributed by atoms with Crippen molar-refractivity contribution in [2.75, 3.05) is 25.1 Å². The predicted molar refractivity (Wildman–Crippen MR) is 67.4 cm³/mol. The molecule has 1 aliphatic rings. The third kappa shape index (κ3) is 2.70. The van der Waals surface area contributed by atoms with Crippen LogP contribution in [0.4, 0.5) is 5.69 Å². The zero-order valence-corrected chi connectivity index (χ0v) is 10.4. The molecule has 4 nitrogen and oxygen atoms in total. The monoisotopic (exact) mass is 254 g/mol. The Labute approximate surface area is 105 Å². The third-order valence-corrected chi connectivity index (χ3v) is 3.19. The Balaban J connectivity index is 2.08. The number of hydrogen-bond donors (Lipinski definition) is 2. The molecule has 1 saturated heterocycles. The molecule has 92 valence electrons. The van der Waals surface area contributed by atoms with Crippen LogP contribution in [-0.2, 0) is 4.74 Å². The minimum atomic E-state index is -0.456. The van der Waals surface area contributed by atoms with Crippen LogP contribution in [0.1, 0.15) is 17.3 Å². The molecule has 1 aliphatic heterocycles. The second kappa shape index (κ2) is 4.55. The van der Waals surface area contributed by atoms with E-state index in [0.717, 1.165) is 25.4 Å². The van der Waals surface area contributed by atoms with Gasteiger partial charge in [-0.05, 0) is 18.2 Å². The molecule has 0 saturated carbocycles. The van der Waals surface area contributed by atoms with E-state index >= 15 is 0 Å². The number of primary amides is 1. The van der Waals surface area contributed by atoms with Crippen LogP contribution in [-0.4, -0.2) is 25.7 Å². The first-order chi connectivity index (χ1) is 8.00. The first-order valence-electron chi connectivity index (χ1n) is 5.41. The summed E-state index contributed by atoms with van der Waals surface area (Å²) in [5, 5.41) is 3.81. The van der Waals surface area contributed by atoms with Crippen molar-refractivity contribution in [1.82, 2.24) is 0 Å². The SMILES string of the molecule is CC1(CNc2cc(C(N)=O)ccc2Cl)COC1. The Bertz CT molecular complexity index is 444. The maximum atomic E-state index is 11.1. The standard InChI is InChI=1S/C12H15ClN2O2/c1-12(6-17-7-12)5-15-10-4-8(11(14)16)2-3-9(10)13/h2-4,15H,5-7H2,1H3,(H2,14,16). The normalized spacial score (nSPS) is 17.3. The Morgan fingerprint density at radius 2 is 2.29 bits per heavy atom. The Hall–Kier alpha value is -1.26. The molecule has 17 heavy (non-hydrogen) atoms. The van der Waals surface area contributed by atoms with E-state index < -0.39 is 5.91 Å². The topological polar surface area (TPSA) is 64.3 Å². The maximum absolute atomic E-state index is 11.1. The second-order valence-electron chi connectivity index (χ2n) is 4.72. The summed E-state index contributed by atoms with van der Waals surface area (Å²) >= 11 is 6.05. The highest BCUT2D eigenvalue weighted by molar-refractivity contribution is 6.33. The molecule has 0 spiro atoms. The number of amides is 1. The summed E-state index contributed by atoms with van der Waals surface area (Å²) in [6, 6.07) is 4.96. The van der Waals surface area contributed by atoms with Gasteiger partial charge < -0.3 is 15.8 Å². The van der Waals surface area contributed by atoms with Gasteiger partial charge in [-0.15, -0.1) is 0 Å². The lowest BCUT2D eigenvalue weighted by molar-refractivity contribution is -0.0924. The molecule has 1 fully saturated rings. The summed E-state index contributed by atoms with van der Waals surface area (Å²) in [6.07, 6.45) is 0. The summed E-state index contributed by atoms with van der Waals surface area (Å²) in [5.41, 5.74) is 6.55. The summed E-state index contributed by atoms with van der Waals surface area (Å²) in [6.45, 7) is 4.38. The van der Waals surface area contributed by atoms with Crippen LogP contribution in [0, 0.1) is 5.41 Å². The molecule has 0 atom stereocenters. The first-order valence-corrected chi connectivity index (χ1v) is 5.79. The predicted octanol–water partition coefficient (Wildman–Crippen LogP) is 1.89. The van der Waals surface area contributed by atoms with Crippen molar-refractivity contribution < 1.29 is 9.53 Å². The number of ether oxygens (including phenoxy) is 1. The molecule has 1 heterocycles. The fourth-order valence-corrected chi connectivity index (χ4v) is 1.86. The molecule has 1 aromatic carbocycles. The van der Waals surface area contributed by atoms with Gasteiger partial charge in [0.15, 0.2) is 0 Å². The summed E-state index contributed by atoms with van der Waals surface area (Å²) < 4.78 is 5.17. The van der Waals surface area contributed by atoms with Gasteiger partial charge in [0.1, 0.15) is 0 Å². The van der Waals surface area contributed by atoms with Crippen LogP contribution < -0.4 is 11.1 Å². The highest BCUT2D eigenvalue weighted by atomic mass is 35.5. The molecule has 3 N–H and O–H groups in total. The molecular weight excluding hydrogens is 240 g/mol. The zero-order chi connectivity index (χ0) is 12.5. The summed E-state index contributed by atoms with van der Waals surface area (Å²) in [7, 11) is 0. The van der Waals surface area contributed by atoms with Gasteiger partial charge in [0, 0.05) is 17.5 Å². The molecule has 0 unspecified atom stereocenters. The van der Waals surface area contributed by atoms with Gasteiger partial charge in [-0.25, -0.2) is 0 Å². The molecule has 5 heteroatoms. The highest BCUT2D eigenvalue weighted by Crippen LogP contribution is 2.29. The van der Waals surface area contributed by atoms with Crippen molar-refractivity contribution in [3.63, 3.8) is 0 Å². The minimum absolute atomic E-state index is 0.145. The van der Waals surface area contributed by atoms with Crippen LogP contribution >= 0.6 is 11.6 Å². The van der Waals surface area contributed by atoms with Gasteiger partial charge in [-0.2, -0.15) is 0 Å². The number of nitrogens with one attached hydrogen (secondary N) is 1. The molecule has 1 amide bonds. The van der Waals surface area contributed by atoms with Crippen molar-refractivity contribution in [1.29, 1.82) is 0 Å². The minimum Gasteiger partial charge on any atom is -0.383 e. The van der Waals surface area contributed by atoms with Gasteiger partial charge in [0.05, 0.1) is 23.9 Å². The number of nitrogens with two attached hydrogens (primary N) is 1.